The SMILES string of the molecule is C=CCN(c1ccccc1Cl)S(=O)(=O)c1cccc(C(=O)Nc2ccc(CC#N)cc2)c1. The molecule has 0 saturated carbocycles. The smallest absolute Gasteiger partial charge is 0.264 e. The molecular formula is C24H20ClN3O3S. The average Bonchev–Trinajstić information content (AvgIpc) is 2.79. The Morgan fingerprint density at radius 1 is 1.09 bits per heavy atom. The number of sulfonamides is 1. The van der Waals surface area contributed by atoms with E-state index in [9.17, 15) is 13.2 Å². The molecule has 32 heavy (non-hydrogen) atoms. The molecule has 0 aliphatic carbocycles. The van der Waals surface area contributed by atoms with Gasteiger partial charge in [-0.2, -0.15) is 5.26 Å². The van der Waals surface area contributed by atoms with Crippen LogP contribution in [0.15, 0.2) is 90.3 Å². The molecule has 8 heteroatoms. The van der Waals surface area contributed by atoms with Gasteiger partial charge in [0, 0.05) is 11.3 Å². The van der Waals surface area contributed by atoms with Crippen molar-refractivity contribution in [2.75, 3.05) is 16.2 Å². The highest BCUT2D eigenvalue weighted by atomic mass is 35.5. The molecule has 0 radical (unpaired) electrons. The number of nitrogens with zero attached hydrogens (tertiary/aromatic N) is 2. The quantitative estimate of drug-likeness (QED) is 0.472. The van der Waals surface area contributed by atoms with E-state index in [4.69, 9.17) is 16.9 Å². The van der Waals surface area contributed by atoms with E-state index in [2.05, 4.69) is 18.0 Å². The highest BCUT2D eigenvalue weighted by molar-refractivity contribution is 7.92. The number of nitrogens with one attached hydrogen (secondary N) is 1. The van der Waals surface area contributed by atoms with Crippen LogP contribution in [0.5, 0.6) is 0 Å². The second-order valence-corrected chi connectivity index (χ2v) is 9.06. The molecule has 0 aliphatic heterocycles. The van der Waals surface area contributed by atoms with Crippen molar-refractivity contribution in [1.82, 2.24) is 0 Å². The second kappa shape index (κ2) is 10.1. The summed E-state index contributed by atoms with van der Waals surface area (Å²) in [7, 11) is -4.01. The predicted molar refractivity (Wildman–Crippen MR) is 126 cm³/mol. The van der Waals surface area contributed by atoms with Crippen LogP contribution in [-0.2, 0) is 16.4 Å². The van der Waals surface area contributed by atoms with Gasteiger partial charge in [0.2, 0.25) is 0 Å². The number of carbonyl (C=O) groups is 1. The van der Waals surface area contributed by atoms with Crippen LogP contribution in [0.25, 0.3) is 0 Å². The molecule has 0 aromatic heterocycles. The van der Waals surface area contributed by atoms with Crippen molar-refractivity contribution in [3.05, 3.63) is 102 Å². The van der Waals surface area contributed by atoms with E-state index in [0.29, 0.717) is 11.4 Å². The number of para-hydroxylation sites is 1. The molecule has 6 nitrogen and oxygen atoms in total. The van der Waals surface area contributed by atoms with E-state index in [-0.39, 0.29) is 28.4 Å². The highest BCUT2D eigenvalue weighted by Crippen LogP contribution is 2.30. The van der Waals surface area contributed by atoms with Crippen molar-refractivity contribution in [3.63, 3.8) is 0 Å². The Morgan fingerprint density at radius 3 is 2.47 bits per heavy atom. The van der Waals surface area contributed by atoms with Gasteiger partial charge in [0.05, 0.1) is 34.6 Å². The Hall–Kier alpha value is -3.60. The average molecular weight is 466 g/mol. The lowest BCUT2D eigenvalue weighted by Crippen LogP contribution is -2.31. The van der Waals surface area contributed by atoms with Crippen LogP contribution in [-0.4, -0.2) is 20.9 Å². The van der Waals surface area contributed by atoms with E-state index in [1.54, 1.807) is 48.5 Å². The van der Waals surface area contributed by atoms with Crippen molar-refractivity contribution in [3.8, 4) is 6.07 Å². The van der Waals surface area contributed by atoms with Gasteiger partial charge in [-0.25, -0.2) is 8.42 Å². The zero-order chi connectivity index (χ0) is 23.1. The summed E-state index contributed by atoms with van der Waals surface area (Å²) in [5.41, 5.74) is 1.88. The number of hydrogen-bond acceptors (Lipinski definition) is 4. The molecule has 162 valence electrons. The van der Waals surface area contributed by atoms with Crippen molar-refractivity contribution in [2.24, 2.45) is 0 Å². The van der Waals surface area contributed by atoms with Gasteiger partial charge in [-0.3, -0.25) is 9.10 Å². The van der Waals surface area contributed by atoms with Crippen LogP contribution in [0.4, 0.5) is 11.4 Å². The fourth-order valence-electron chi connectivity index (χ4n) is 3.02. The van der Waals surface area contributed by atoms with E-state index in [0.717, 1.165) is 9.87 Å². The number of hydrogen-bond donors (Lipinski definition) is 1. The van der Waals surface area contributed by atoms with Gasteiger partial charge in [0.1, 0.15) is 0 Å². The minimum absolute atomic E-state index is 0.0114. The number of anilines is 2. The summed E-state index contributed by atoms with van der Waals surface area (Å²) in [5, 5.41) is 11.8. The van der Waals surface area contributed by atoms with Gasteiger partial charge in [0.25, 0.3) is 15.9 Å². The van der Waals surface area contributed by atoms with Gasteiger partial charge in [0.15, 0.2) is 0 Å². The molecule has 0 bridgehead atoms. The first kappa shape index (κ1) is 23.1. The standard InChI is InChI=1S/C24H20ClN3O3S/c1-2-16-28(23-9-4-3-8-22(23)25)32(30,31)21-7-5-6-19(17-21)24(29)27-20-12-10-18(11-13-20)14-15-26/h2-13,17H,1,14,16H2,(H,27,29). The first-order chi connectivity index (χ1) is 15.4. The summed E-state index contributed by atoms with van der Waals surface area (Å²) in [6.45, 7) is 3.65. The maximum atomic E-state index is 13.4. The van der Waals surface area contributed by atoms with Gasteiger partial charge < -0.3 is 5.32 Å². The Kier molecular flexibility index (Phi) is 7.31. The molecule has 3 aromatic carbocycles. The van der Waals surface area contributed by atoms with Gasteiger partial charge in [-0.05, 0) is 48.0 Å². The third-order valence-corrected chi connectivity index (χ3v) is 6.69. The maximum absolute atomic E-state index is 13.4. The number of rotatable bonds is 8. The first-order valence-electron chi connectivity index (χ1n) is 9.62. The third kappa shape index (κ3) is 5.17. The van der Waals surface area contributed by atoms with E-state index < -0.39 is 15.9 Å². The largest absolute Gasteiger partial charge is 0.322 e. The molecule has 0 saturated heterocycles. The summed E-state index contributed by atoms with van der Waals surface area (Å²) >= 11 is 6.23. The minimum atomic E-state index is -4.01. The molecule has 1 N–H and O–H groups in total. The molecular weight excluding hydrogens is 446 g/mol. The monoisotopic (exact) mass is 465 g/mol. The third-order valence-electron chi connectivity index (χ3n) is 4.60. The van der Waals surface area contributed by atoms with Gasteiger partial charge >= 0.3 is 0 Å². The zero-order valence-corrected chi connectivity index (χ0v) is 18.6. The Bertz CT molecular complexity index is 1280. The molecule has 0 heterocycles. The molecule has 3 rings (SSSR count). The fourth-order valence-corrected chi connectivity index (χ4v) is 4.81. The lowest BCUT2D eigenvalue weighted by molar-refractivity contribution is 0.102. The van der Waals surface area contributed by atoms with Crippen LogP contribution >= 0.6 is 11.6 Å². The van der Waals surface area contributed by atoms with E-state index in [1.807, 2.05) is 0 Å². The predicted octanol–water partition coefficient (Wildman–Crippen LogP) is 5.04. The lowest BCUT2D eigenvalue weighted by Gasteiger charge is -2.24. The van der Waals surface area contributed by atoms with Crippen LogP contribution in [0.1, 0.15) is 15.9 Å². The molecule has 0 aliphatic rings. The van der Waals surface area contributed by atoms with Gasteiger partial charge in [-0.1, -0.05) is 48.0 Å². The molecule has 0 unspecified atom stereocenters. The fraction of sp³-hybridized carbons (Fsp3) is 0.0833. The topological polar surface area (TPSA) is 90.3 Å². The van der Waals surface area contributed by atoms with Crippen molar-refractivity contribution >= 4 is 38.9 Å². The Balaban J connectivity index is 1.89. The van der Waals surface area contributed by atoms with Crippen LogP contribution in [0, 0.1) is 11.3 Å². The number of nitriles is 1. The summed E-state index contributed by atoms with van der Waals surface area (Å²) in [4.78, 5) is 12.7. The van der Waals surface area contributed by atoms with E-state index >= 15 is 0 Å². The highest BCUT2D eigenvalue weighted by Gasteiger charge is 2.26. The van der Waals surface area contributed by atoms with Crippen molar-refractivity contribution in [2.45, 2.75) is 11.3 Å². The number of carbonyl (C=O) groups excluding carboxylic acids is 1. The molecule has 1 amide bonds. The second-order valence-electron chi connectivity index (χ2n) is 6.79. The summed E-state index contributed by atoms with van der Waals surface area (Å²) < 4.78 is 27.9. The Labute approximate surface area is 192 Å². The Morgan fingerprint density at radius 2 is 1.81 bits per heavy atom. The maximum Gasteiger partial charge on any atom is 0.264 e. The van der Waals surface area contributed by atoms with Crippen molar-refractivity contribution in [1.29, 1.82) is 5.26 Å². The number of halogens is 1. The summed E-state index contributed by atoms with van der Waals surface area (Å²) in [6, 6.07) is 21.3. The van der Waals surface area contributed by atoms with Crippen LogP contribution < -0.4 is 9.62 Å². The van der Waals surface area contributed by atoms with Crippen LogP contribution in [0.3, 0.4) is 0 Å². The molecule has 3 aromatic rings. The molecule has 0 atom stereocenters. The van der Waals surface area contributed by atoms with E-state index in [1.165, 1.54) is 30.3 Å². The van der Waals surface area contributed by atoms with Crippen LogP contribution in [0.2, 0.25) is 5.02 Å². The van der Waals surface area contributed by atoms with Crippen molar-refractivity contribution < 1.29 is 13.2 Å². The minimum Gasteiger partial charge on any atom is -0.322 e. The van der Waals surface area contributed by atoms with Gasteiger partial charge in [-0.15, -0.1) is 6.58 Å². The zero-order valence-electron chi connectivity index (χ0n) is 17.0. The summed E-state index contributed by atoms with van der Waals surface area (Å²) in [5.74, 6) is -0.455. The summed E-state index contributed by atoms with van der Waals surface area (Å²) in [6.07, 6.45) is 1.74. The lowest BCUT2D eigenvalue weighted by atomic mass is 10.1. The molecule has 0 fully saturated rings. The molecule has 0 spiro atoms. The first-order valence-corrected chi connectivity index (χ1v) is 11.4. The number of amides is 1. The normalized spacial score (nSPS) is 10.8. The number of benzene rings is 3.